The number of aromatic nitrogens is 1. The molecule has 7 nitrogen and oxygen atoms in total. The highest BCUT2D eigenvalue weighted by atomic mass is 19.1. The number of pyridine rings is 1. The van der Waals surface area contributed by atoms with Crippen LogP contribution in [0.4, 0.5) is 9.18 Å². The summed E-state index contributed by atoms with van der Waals surface area (Å²) in [7, 11) is 0. The molecule has 0 unspecified atom stereocenters. The number of benzene rings is 1. The molecule has 1 saturated heterocycles. The molecule has 2 aromatic heterocycles. The molecule has 0 spiro atoms. The number of carbonyl (C=O) groups excluding carboxylic acids is 2. The lowest BCUT2D eigenvalue weighted by molar-refractivity contribution is -0.0117. The third-order valence-corrected chi connectivity index (χ3v) is 6.44. The summed E-state index contributed by atoms with van der Waals surface area (Å²) in [6.07, 6.45) is -0.385. The molecule has 0 saturated carbocycles. The minimum Gasteiger partial charge on any atom is -0.449 e. The van der Waals surface area contributed by atoms with E-state index in [1.165, 1.54) is 12.1 Å². The van der Waals surface area contributed by atoms with Crippen LogP contribution < -0.4 is 0 Å². The summed E-state index contributed by atoms with van der Waals surface area (Å²) in [5.41, 5.74) is 1.99. The first-order valence-corrected chi connectivity index (χ1v) is 12.6. The van der Waals surface area contributed by atoms with E-state index in [1.54, 1.807) is 28.0 Å². The van der Waals surface area contributed by atoms with Gasteiger partial charge in [-0.3, -0.25) is 4.79 Å². The van der Waals surface area contributed by atoms with E-state index in [1.807, 2.05) is 40.7 Å². The number of amides is 2. The third kappa shape index (κ3) is 5.63. The first-order valence-electron chi connectivity index (χ1n) is 12.6. The van der Waals surface area contributed by atoms with Gasteiger partial charge < -0.3 is 19.0 Å². The highest BCUT2D eigenvalue weighted by Crippen LogP contribution is 2.35. The largest absolute Gasteiger partial charge is 0.449 e. The summed E-state index contributed by atoms with van der Waals surface area (Å²) in [5, 5.41) is 0. The molecule has 0 N–H and O–H groups in total. The molecular formula is C29H36FN3O4. The number of rotatable bonds is 2. The number of furan rings is 1. The fraction of sp³-hybridized carbons (Fsp3) is 0.483. The zero-order chi connectivity index (χ0) is 27.3. The second kappa shape index (κ2) is 9.15. The van der Waals surface area contributed by atoms with Crippen molar-refractivity contribution in [2.45, 2.75) is 71.9 Å². The SMILES string of the molecule is CC(C)(C)OC(=O)N1CCN(C(=O)c2cc3nc(-c4ccc(F)cc4)cc(C(C)(C)C)c3o2)C(C)(C)C1. The summed E-state index contributed by atoms with van der Waals surface area (Å²) in [6, 6.07) is 9.80. The highest BCUT2D eigenvalue weighted by molar-refractivity contribution is 5.97. The average Bonchev–Trinajstić information content (AvgIpc) is 3.20. The first-order chi connectivity index (χ1) is 17.0. The molecule has 1 aromatic carbocycles. The summed E-state index contributed by atoms with van der Waals surface area (Å²) in [6.45, 7) is 16.6. The number of piperazine rings is 1. The second-order valence-electron chi connectivity index (χ2n) is 12.3. The van der Waals surface area contributed by atoms with Crippen LogP contribution in [0.15, 0.2) is 40.8 Å². The first kappa shape index (κ1) is 26.6. The summed E-state index contributed by atoms with van der Waals surface area (Å²) in [5.74, 6) is -0.371. The van der Waals surface area contributed by atoms with Crippen LogP contribution in [0.1, 0.15) is 71.5 Å². The maximum absolute atomic E-state index is 13.7. The van der Waals surface area contributed by atoms with Crippen LogP contribution in [0.2, 0.25) is 0 Å². The van der Waals surface area contributed by atoms with Gasteiger partial charge in [-0.05, 0) is 70.4 Å². The number of ether oxygens (including phenoxy) is 1. The van der Waals surface area contributed by atoms with Gasteiger partial charge in [-0.25, -0.2) is 14.2 Å². The quantitative estimate of drug-likeness (QED) is 0.399. The zero-order valence-corrected chi connectivity index (χ0v) is 22.9. The number of nitrogens with zero attached hydrogens (tertiary/aromatic N) is 3. The van der Waals surface area contributed by atoms with Crippen LogP contribution in [-0.2, 0) is 10.2 Å². The molecule has 1 fully saturated rings. The Labute approximate surface area is 217 Å². The molecule has 2 amide bonds. The smallest absolute Gasteiger partial charge is 0.410 e. The van der Waals surface area contributed by atoms with Gasteiger partial charge in [0.25, 0.3) is 5.91 Å². The van der Waals surface area contributed by atoms with Crippen molar-refractivity contribution in [2.24, 2.45) is 0 Å². The number of hydrogen-bond acceptors (Lipinski definition) is 5. The molecule has 198 valence electrons. The van der Waals surface area contributed by atoms with Crippen molar-refractivity contribution in [2.75, 3.05) is 19.6 Å². The molecule has 3 heterocycles. The molecule has 4 rings (SSSR count). The van der Waals surface area contributed by atoms with Gasteiger partial charge in [0, 0.05) is 36.8 Å². The predicted octanol–water partition coefficient (Wildman–Crippen LogP) is 6.40. The monoisotopic (exact) mass is 509 g/mol. The Balaban J connectivity index is 1.66. The Hall–Kier alpha value is -3.42. The van der Waals surface area contributed by atoms with Gasteiger partial charge in [0.1, 0.15) is 16.9 Å². The lowest BCUT2D eigenvalue weighted by Crippen LogP contribution is -2.62. The van der Waals surface area contributed by atoms with Crippen molar-refractivity contribution in [1.29, 1.82) is 0 Å². The van der Waals surface area contributed by atoms with Gasteiger partial charge >= 0.3 is 6.09 Å². The van der Waals surface area contributed by atoms with Gasteiger partial charge in [-0.15, -0.1) is 0 Å². The summed E-state index contributed by atoms with van der Waals surface area (Å²) in [4.78, 5) is 34.4. The Bertz CT molecular complexity index is 1330. The van der Waals surface area contributed by atoms with Crippen LogP contribution in [0.25, 0.3) is 22.4 Å². The van der Waals surface area contributed by atoms with Crippen molar-refractivity contribution >= 4 is 23.1 Å². The van der Waals surface area contributed by atoms with Crippen LogP contribution in [0.5, 0.6) is 0 Å². The van der Waals surface area contributed by atoms with E-state index in [4.69, 9.17) is 14.1 Å². The highest BCUT2D eigenvalue weighted by Gasteiger charge is 2.41. The minimum atomic E-state index is -0.634. The molecule has 0 bridgehead atoms. The van der Waals surface area contributed by atoms with E-state index in [2.05, 4.69) is 20.8 Å². The molecule has 37 heavy (non-hydrogen) atoms. The Morgan fingerprint density at radius 2 is 1.68 bits per heavy atom. The van der Waals surface area contributed by atoms with E-state index < -0.39 is 11.1 Å². The van der Waals surface area contributed by atoms with Crippen LogP contribution in [0.3, 0.4) is 0 Å². The van der Waals surface area contributed by atoms with Gasteiger partial charge in [0.05, 0.1) is 11.2 Å². The lowest BCUT2D eigenvalue weighted by atomic mass is 9.86. The third-order valence-electron chi connectivity index (χ3n) is 6.44. The molecule has 8 heteroatoms. The van der Waals surface area contributed by atoms with Crippen LogP contribution in [0, 0.1) is 5.82 Å². The fourth-order valence-corrected chi connectivity index (χ4v) is 4.60. The van der Waals surface area contributed by atoms with E-state index in [-0.39, 0.29) is 29.0 Å². The number of fused-ring (bicyclic) bond motifs is 1. The molecule has 1 aliphatic heterocycles. The number of hydrogen-bond donors (Lipinski definition) is 0. The average molecular weight is 510 g/mol. The summed E-state index contributed by atoms with van der Waals surface area (Å²) < 4.78 is 25.2. The van der Waals surface area contributed by atoms with Crippen LogP contribution >= 0.6 is 0 Å². The number of halogens is 1. The van der Waals surface area contributed by atoms with E-state index in [0.717, 1.165) is 11.1 Å². The van der Waals surface area contributed by atoms with Gasteiger partial charge in [0.15, 0.2) is 11.3 Å². The minimum absolute atomic E-state index is 0.197. The van der Waals surface area contributed by atoms with Crippen molar-refractivity contribution in [3.8, 4) is 11.3 Å². The van der Waals surface area contributed by atoms with Crippen molar-refractivity contribution in [3.63, 3.8) is 0 Å². The summed E-state index contributed by atoms with van der Waals surface area (Å²) >= 11 is 0. The standard InChI is InChI=1S/C29H36FN3O4/c1-27(2,3)20-15-21(18-9-11-19(30)12-10-18)31-22-16-23(36-24(20)22)25(34)33-14-13-32(17-29(33,7)8)26(35)37-28(4,5)6/h9-12,15-16H,13-14,17H2,1-8H3. The van der Waals surface area contributed by atoms with Gasteiger partial charge in [-0.2, -0.15) is 0 Å². The van der Waals surface area contributed by atoms with Crippen molar-refractivity contribution in [1.82, 2.24) is 14.8 Å². The normalized spacial score (nSPS) is 16.2. The Morgan fingerprint density at radius 1 is 1.03 bits per heavy atom. The topological polar surface area (TPSA) is 75.9 Å². The van der Waals surface area contributed by atoms with E-state index >= 15 is 0 Å². The number of carbonyl (C=O) groups is 2. The van der Waals surface area contributed by atoms with E-state index in [0.29, 0.717) is 36.4 Å². The molecule has 0 atom stereocenters. The van der Waals surface area contributed by atoms with E-state index in [9.17, 15) is 14.0 Å². The lowest BCUT2D eigenvalue weighted by Gasteiger charge is -2.46. The molecular weight excluding hydrogens is 473 g/mol. The van der Waals surface area contributed by atoms with Gasteiger partial charge in [-0.1, -0.05) is 20.8 Å². The van der Waals surface area contributed by atoms with Crippen LogP contribution in [-0.4, -0.2) is 57.6 Å². The van der Waals surface area contributed by atoms with Gasteiger partial charge in [0.2, 0.25) is 0 Å². The maximum atomic E-state index is 13.7. The Morgan fingerprint density at radius 3 is 2.24 bits per heavy atom. The molecule has 0 radical (unpaired) electrons. The van der Waals surface area contributed by atoms with Crippen molar-refractivity contribution < 1.29 is 23.1 Å². The molecule has 1 aliphatic rings. The maximum Gasteiger partial charge on any atom is 0.410 e. The second-order valence-corrected chi connectivity index (χ2v) is 12.3. The predicted molar refractivity (Wildman–Crippen MR) is 141 cm³/mol. The van der Waals surface area contributed by atoms with Crippen molar-refractivity contribution in [3.05, 3.63) is 53.5 Å². The molecule has 0 aliphatic carbocycles. The molecule has 3 aromatic rings. The fourth-order valence-electron chi connectivity index (χ4n) is 4.60. The Kier molecular flexibility index (Phi) is 6.59. The zero-order valence-electron chi connectivity index (χ0n) is 22.9.